The first-order valence-corrected chi connectivity index (χ1v) is 41.8. The number of aliphatic hydroxyl groups excluding tert-OH is 8. The first-order valence-electron chi connectivity index (χ1n) is 41.8. The van der Waals surface area contributed by atoms with Crippen LogP contribution in [0.5, 0.6) is 0 Å². The first kappa shape index (κ1) is 90.1. The summed E-state index contributed by atoms with van der Waals surface area (Å²) in [5.41, 5.74) is 0. The molecule has 1 amide bonds. The monoisotopic (exact) mass is 1350 g/mol. The van der Waals surface area contributed by atoms with E-state index in [0.717, 1.165) is 51.4 Å². The number of rotatable bonds is 72. The standard InChI is InChI=1S/C81H159NO13/c1-3-5-7-9-11-13-15-17-19-21-23-25-26-27-28-29-30-31-32-33-34-35-36-37-38-39-40-41-42-43-44-45-47-49-51-53-55-57-59-61-63-65-73(86)82-69(70(85)64-62-60-58-56-54-52-50-48-46-24-22-20-18-16-14-12-10-8-6-4-2)68-92-80-78(91)76(89)79(72(67-84)94-80)95-81-77(90)75(88)74(87)71(66-83)93-81/h69-72,74-81,83-85,87-91H,3-68H2,1-2H3,(H,82,86). The fraction of sp³-hybridized carbons (Fsp3) is 0.988. The van der Waals surface area contributed by atoms with Crippen LogP contribution in [-0.2, 0) is 23.7 Å². The van der Waals surface area contributed by atoms with Gasteiger partial charge in [-0.15, -0.1) is 0 Å². The Morgan fingerprint density at radius 1 is 0.337 bits per heavy atom. The largest absolute Gasteiger partial charge is 0.394 e. The molecule has 0 spiro atoms. The van der Waals surface area contributed by atoms with Gasteiger partial charge in [0.05, 0.1) is 32.0 Å². The molecule has 2 saturated heterocycles. The third-order valence-corrected chi connectivity index (χ3v) is 21.1. The van der Waals surface area contributed by atoms with Gasteiger partial charge in [-0.2, -0.15) is 0 Å². The fourth-order valence-corrected chi connectivity index (χ4v) is 14.5. The van der Waals surface area contributed by atoms with E-state index in [0.29, 0.717) is 12.8 Å². The lowest BCUT2D eigenvalue weighted by Gasteiger charge is -2.46. The van der Waals surface area contributed by atoms with Crippen molar-refractivity contribution in [3.05, 3.63) is 0 Å². The predicted octanol–water partition coefficient (Wildman–Crippen LogP) is 19.1. The van der Waals surface area contributed by atoms with Crippen molar-refractivity contribution in [3.63, 3.8) is 0 Å². The molecule has 2 aliphatic rings. The Morgan fingerprint density at radius 3 is 0.895 bits per heavy atom. The lowest BCUT2D eigenvalue weighted by molar-refractivity contribution is -0.359. The van der Waals surface area contributed by atoms with Gasteiger partial charge >= 0.3 is 0 Å². The van der Waals surface area contributed by atoms with Crippen LogP contribution in [0, 0.1) is 0 Å². The zero-order valence-corrected chi connectivity index (χ0v) is 62.2. The van der Waals surface area contributed by atoms with E-state index in [4.69, 9.17) is 18.9 Å². The third-order valence-electron chi connectivity index (χ3n) is 21.1. The Morgan fingerprint density at radius 2 is 0.600 bits per heavy atom. The number of carbonyl (C=O) groups is 1. The molecule has 0 aliphatic carbocycles. The minimum absolute atomic E-state index is 0.195. The van der Waals surface area contributed by atoms with Gasteiger partial charge in [-0.05, 0) is 12.8 Å². The third kappa shape index (κ3) is 49.3. The molecule has 0 bridgehead atoms. The second kappa shape index (κ2) is 66.2. The lowest BCUT2D eigenvalue weighted by Crippen LogP contribution is -2.65. The van der Waals surface area contributed by atoms with Crippen molar-refractivity contribution in [1.29, 1.82) is 0 Å². The van der Waals surface area contributed by atoms with Crippen molar-refractivity contribution in [1.82, 2.24) is 5.32 Å². The van der Waals surface area contributed by atoms with E-state index >= 15 is 0 Å². The number of hydrogen-bond acceptors (Lipinski definition) is 13. The Hall–Kier alpha value is -1.01. The van der Waals surface area contributed by atoms with Crippen LogP contribution in [0.2, 0.25) is 0 Å². The van der Waals surface area contributed by atoms with Crippen molar-refractivity contribution in [2.24, 2.45) is 0 Å². The quantitative estimate of drug-likeness (QED) is 0.0259. The molecule has 12 unspecified atom stereocenters. The molecule has 0 aromatic heterocycles. The van der Waals surface area contributed by atoms with Crippen molar-refractivity contribution in [2.75, 3.05) is 19.8 Å². The van der Waals surface area contributed by atoms with Crippen LogP contribution in [0.25, 0.3) is 0 Å². The summed E-state index contributed by atoms with van der Waals surface area (Å²) in [4.78, 5) is 13.4. The number of carbonyl (C=O) groups excluding carboxylic acids is 1. The molecule has 14 heteroatoms. The average Bonchev–Trinajstić information content (AvgIpc) is 0.897. The smallest absolute Gasteiger partial charge is 0.220 e. The van der Waals surface area contributed by atoms with Crippen LogP contribution in [0.4, 0.5) is 0 Å². The molecule has 2 heterocycles. The minimum Gasteiger partial charge on any atom is -0.394 e. The van der Waals surface area contributed by atoms with Gasteiger partial charge in [0, 0.05) is 6.42 Å². The summed E-state index contributed by atoms with van der Waals surface area (Å²) < 4.78 is 23.0. The van der Waals surface area contributed by atoms with E-state index in [1.807, 2.05) is 0 Å². The number of unbranched alkanes of at least 4 members (excludes halogenated alkanes) is 59. The number of amides is 1. The van der Waals surface area contributed by atoms with Crippen molar-refractivity contribution in [3.8, 4) is 0 Å². The zero-order chi connectivity index (χ0) is 68.7. The van der Waals surface area contributed by atoms with E-state index in [1.165, 1.54) is 340 Å². The molecular formula is C81H159NO13. The van der Waals surface area contributed by atoms with Gasteiger partial charge in [0.1, 0.15) is 48.8 Å². The number of nitrogens with one attached hydrogen (secondary N) is 1. The second-order valence-corrected chi connectivity index (χ2v) is 30.0. The molecule has 12 atom stereocenters. The van der Waals surface area contributed by atoms with E-state index in [1.54, 1.807) is 0 Å². The van der Waals surface area contributed by atoms with Crippen LogP contribution >= 0.6 is 0 Å². The highest BCUT2D eigenvalue weighted by Crippen LogP contribution is 2.31. The summed E-state index contributed by atoms with van der Waals surface area (Å²) in [5.74, 6) is -0.195. The topological polar surface area (TPSA) is 228 Å². The Labute approximate surface area is 584 Å². The summed E-state index contributed by atoms with van der Waals surface area (Å²) in [5, 5.41) is 87.8. The maximum absolute atomic E-state index is 13.4. The van der Waals surface area contributed by atoms with Gasteiger partial charge in [-0.25, -0.2) is 0 Å². The van der Waals surface area contributed by atoms with Gasteiger partial charge in [0.2, 0.25) is 5.91 Å². The summed E-state index contributed by atoms with van der Waals surface area (Å²) in [6.07, 6.45) is 66.1. The van der Waals surface area contributed by atoms with Crippen LogP contribution in [0.15, 0.2) is 0 Å². The lowest BCUT2D eigenvalue weighted by atomic mass is 9.97. The molecule has 0 aromatic carbocycles. The summed E-state index contributed by atoms with van der Waals surface area (Å²) in [6, 6.07) is -0.825. The predicted molar refractivity (Wildman–Crippen MR) is 393 cm³/mol. The molecule has 2 aliphatic heterocycles. The highest BCUT2D eigenvalue weighted by Gasteiger charge is 2.51. The molecule has 2 rings (SSSR count). The SMILES string of the molecule is CCCCCCCCCCCCCCCCCCCCCCCCCCCCCCCCCCCCCCCCCCCC(=O)NC(COC1OC(CO)C(OC2OC(CO)C(O)C(O)C2O)C(O)C1O)C(O)CCCCCCCCCCCCCCCCCCCCCC. The van der Waals surface area contributed by atoms with Crippen LogP contribution in [-0.4, -0.2) is 140 Å². The molecule has 0 aromatic rings. The van der Waals surface area contributed by atoms with Crippen molar-refractivity contribution in [2.45, 2.75) is 492 Å². The maximum Gasteiger partial charge on any atom is 0.220 e. The second-order valence-electron chi connectivity index (χ2n) is 30.0. The van der Waals surface area contributed by atoms with Crippen molar-refractivity contribution < 1.29 is 64.6 Å². The van der Waals surface area contributed by atoms with Crippen LogP contribution in [0.1, 0.15) is 418 Å². The first-order chi connectivity index (χ1) is 46.6. The Bertz CT molecular complexity index is 1600. The van der Waals surface area contributed by atoms with E-state index < -0.39 is 86.8 Å². The minimum atomic E-state index is -1.78. The van der Waals surface area contributed by atoms with Gasteiger partial charge in [-0.3, -0.25) is 4.79 Å². The average molecular weight is 1360 g/mol. The Balaban J connectivity index is 1.52. The van der Waals surface area contributed by atoms with Crippen LogP contribution in [0.3, 0.4) is 0 Å². The molecule has 566 valence electrons. The number of aliphatic hydroxyl groups is 8. The Kier molecular flexibility index (Phi) is 62.8. The summed E-state index contributed by atoms with van der Waals surface area (Å²) >= 11 is 0. The number of hydrogen-bond donors (Lipinski definition) is 9. The molecule has 9 N–H and O–H groups in total. The molecular weight excluding hydrogens is 1190 g/mol. The summed E-state index contributed by atoms with van der Waals surface area (Å²) in [7, 11) is 0. The van der Waals surface area contributed by atoms with Crippen molar-refractivity contribution >= 4 is 5.91 Å². The molecule has 2 fully saturated rings. The molecule has 95 heavy (non-hydrogen) atoms. The highest BCUT2D eigenvalue weighted by atomic mass is 16.7. The number of ether oxygens (including phenoxy) is 4. The van der Waals surface area contributed by atoms with E-state index in [2.05, 4.69) is 19.2 Å². The molecule has 0 saturated carbocycles. The maximum atomic E-state index is 13.4. The molecule has 0 radical (unpaired) electrons. The van der Waals surface area contributed by atoms with E-state index in [-0.39, 0.29) is 12.5 Å². The van der Waals surface area contributed by atoms with Crippen LogP contribution < -0.4 is 5.32 Å². The van der Waals surface area contributed by atoms with Gasteiger partial charge in [-0.1, -0.05) is 399 Å². The highest BCUT2D eigenvalue weighted by molar-refractivity contribution is 5.76. The van der Waals surface area contributed by atoms with Gasteiger partial charge in [0.15, 0.2) is 12.6 Å². The summed E-state index contributed by atoms with van der Waals surface area (Å²) in [6.45, 7) is 2.94. The zero-order valence-electron chi connectivity index (χ0n) is 62.2. The van der Waals surface area contributed by atoms with Gasteiger partial charge in [0.25, 0.3) is 0 Å². The molecule has 14 nitrogen and oxygen atoms in total. The normalized spacial score (nSPS) is 22.2. The van der Waals surface area contributed by atoms with Gasteiger partial charge < -0.3 is 65.1 Å². The fourth-order valence-electron chi connectivity index (χ4n) is 14.5. The van der Waals surface area contributed by atoms with E-state index in [9.17, 15) is 45.6 Å².